The van der Waals surface area contributed by atoms with Crippen molar-refractivity contribution >= 4 is 28.7 Å². The third-order valence-electron chi connectivity index (χ3n) is 3.68. The Morgan fingerprint density at radius 2 is 2.19 bits per heavy atom. The molecular formula is C13H17N5O2S. The van der Waals surface area contributed by atoms with Crippen LogP contribution in [0, 0.1) is 0 Å². The topological polar surface area (TPSA) is 95.3 Å². The molecule has 0 aromatic rings. The first-order valence-electron chi connectivity index (χ1n) is 7.14. The number of thioether (sulfide) groups is 1. The molecule has 2 amide bonds. The van der Waals surface area contributed by atoms with Gasteiger partial charge in [0.15, 0.2) is 11.3 Å². The summed E-state index contributed by atoms with van der Waals surface area (Å²) in [6.45, 7) is 0. The van der Waals surface area contributed by atoms with Crippen LogP contribution in [0.3, 0.4) is 0 Å². The number of amides is 2. The number of nitrogens with one attached hydrogen (secondary N) is 2. The number of azo groups is 1. The summed E-state index contributed by atoms with van der Waals surface area (Å²) >= 11 is 1.22. The first kappa shape index (κ1) is 14.2. The van der Waals surface area contributed by atoms with Gasteiger partial charge in [0.05, 0.1) is 17.5 Å². The van der Waals surface area contributed by atoms with E-state index in [4.69, 9.17) is 0 Å². The van der Waals surface area contributed by atoms with Crippen LogP contribution in [0.2, 0.25) is 0 Å². The van der Waals surface area contributed by atoms with Gasteiger partial charge >= 0.3 is 0 Å². The lowest BCUT2D eigenvalue weighted by molar-refractivity contribution is -0.119. The van der Waals surface area contributed by atoms with Gasteiger partial charge < -0.3 is 10.6 Å². The van der Waals surface area contributed by atoms with E-state index < -0.39 is 6.17 Å². The Hall–Kier alpha value is -1.70. The Bertz CT molecular complexity index is 537. The minimum atomic E-state index is -0.539. The number of carbonyl (C=O) groups is 2. The monoisotopic (exact) mass is 307 g/mol. The maximum Gasteiger partial charge on any atom is 0.258 e. The quantitative estimate of drug-likeness (QED) is 0.823. The van der Waals surface area contributed by atoms with Crippen LogP contribution in [0.5, 0.6) is 0 Å². The molecule has 21 heavy (non-hydrogen) atoms. The van der Waals surface area contributed by atoms with E-state index in [1.54, 1.807) is 0 Å². The fourth-order valence-electron chi connectivity index (χ4n) is 2.59. The smallest absolute Gasteiger partial charge is 0.258 e. The normalized spacial score (nSPS) is 25.0. The van der Waals surface area contributed by atoms with Gasteiger partial charge in [-0.3, -0.25) is 9.59 Å². The molecule has 0 saturated heterocycles. The number of carbonyl (C=O) groups excluding carboxylic acids is 2. The summed E-state index contributed by atoms with van der Waals surface area (Å²) in [4.78, 5) is 27.9. The highest BCUT2D eigenvalue weighted by molar-refractivity contribution is 8.14. The maximum absolute atomic E-state index is 11.9. The van der Waals surface area contributed by atoms with Gasteiger partial charge in [0, 0.05) is 6.04 Å². The molecule has 1 unspecified atom stereocenters. The standard InChI is InChI=1S/C13H17N5O2S/c19-10(15-8-4-2-1-3-5-8)7-21-13-16-11-9(6-14-18-11)12(20)17-13/h6,8,11H,1-5,7H2,(H,15,19)(H,16,17,20). The van der Waals surface area contributed by atoms with Gasteiger partial charge in [-0.05, 0) is 12.8 Å². The molecule has 1 atom stereocenters. The molecule has 0 aromatic heterocycles. The van der Waals surface area contributed by atoms with E-state index in [9.17, 15) is 9.59 Å². The van der Waals surface area contributed by atoms with Gasteiger partial charge in [-0.1, -0.05) is 31.0 Å². The summed E-state index contributed by atoms with van der Waals surface area (Å²) in [6, 6.07) is 0.299. The predicted molar refractivity (Wildman–Crippen MR) is 79.8 cm³/mol. The molecule has 1 aliphatic carbocycles. The number of nitrogens with zero attached hydrogens (tertiary/aromatic N) is 3. The lowest BCUT2D eigenvalue weighted by atomic mass is 9.95. The van der Waals surface area contributed by atoms with Crippen LogP contribution in [-0.2, 0) is 9.59 Å². The van der Waals surface area contributed by atoms with Gasteiger partial charge in [-0.25, -0.2) is 4.99 Å². The molecule has 7 nitrogen and oxygen atoms in total. The Kier molecular flexibility index (Phi) is 4.33. The average molecular weight is 307 g/mol. The van der Waals surface area contributed by atoms with Crippen LogP contribution in [0.15, 0.2) is 27.0 Å². The van der Waals surface area contributed by atoms with Gasteiger partial charge in [-0.2, -0.15) is 10.2 Å². The zero-order chi connectivity index (χ0) is 14.7. The highest BCUT2D eigenvalue weighted by Gasteiger charge is 2.30. The molecule has 8 heteroatoms. The SMILES string of the molecule is O=C(CSC1=NC2N=NC=C2C(=O)N1)NC1CCCCC1. The molecule has 0 bridgehead atoms. The lowest BCUT2D eigenvalue weighted by Crippen LogP contribution is -2.40. The second kappa shape index (κ2) is 6.38. The third-order valence-corrected chi connectivity index (χ3v) is 4.57. The largest absolute Gasteiger partial charge is 0.353 e. The summed E-state index contributed by atoms with van der Waals surface area (Å²) < 4.78 is 0. The van der Waals surface area contributed by atoms with Crippen LogP contribution in [0.1, 0.15) is 32.1 Å². The van der Waals surface area contributed by atoms with E-state index >= 15 is 0 Å². The lowest BCUT2D eigenvalue weighted by Gasteiger charge is -2.23. The van der Waals surface area contributed by atoms with E-state index in [2.05, 4.69) is 25.9 Å². The number of amidine groups is 1. The zero-order valence-electron chi connectivity index (χ0n) is 11.5. The number of aliphatic imine (C=N–C) groups is 1. The van der Waals surface area contributed by atoms with Gasteiger partial charge in [0.25, 0.3) is 5.91 Å². The summed E-state index contributed by atoms with van der Waals surface area (Å²) in [5.74, 6) is -0.00755. The third kappa shape index (κ3) is 3.49. The fraction of sp³-hybridized carbons (Fsp3) is 0.615. The van der Waals surface area contributed by atoms with Crippen molar-refractivity contribution in [3.63, 3.8) is 0 Å². The van der Waals surface area contributed by atoms with Crippen LogP contribution < -0.4 is 10.6 Å². The summed E-state index contributed by atoms with van der Waals surface area (Å²) in [7, 11) is 0. The predicted octanol–water partition coefficient (Wildman–Crippen LogP) is 1.33. The van der Waals surface area contributed by atoms with Gasteiger partial charge in [0.1, 0.15) is 0 Å². The second-order valence-corrected chi connectivity index (χ2v) is 6.23. The fourth-order valence-corrected chi connectivity index (χ4v) is 3.29. The molecule has 0 radical (unpaired) electrons. The molecule has 1 fully saturated rings. The van der Waals surface area contributed by atoms with E-state index in [-0.39, 0.29) is 17.6 Å². The Labute approximate surface area is 126 Å². The first-order chi connectivity index (χ1) is 10.2. The first-order valence-corrected chi connectivity index (χ1v) is 8.12. The Morgan fingerprint density at radius 1 is 1.38 bits per heavy atom. The molecule has 3 aliphatic rings. The molecule has 2 heterocycles. The van der Waals surface area contributed by atoms with Gasteiger partial charge in [0.2, 0.25) is 5.91 Å². The number of rotatable bonds is 3. The molecule has 2 aliphatic heterocycles. The summed E-state index contributed by atoms with van der Waals surface area (Å²) in [6.07, 6.45) is 6.62. The summed E-state index contributed by atoms with van der Waals surface area (Å²) in [5, 5.41) is 13.7. The summed E-state index contributed by atoms with van der Waals surface area (Å²) in [5.41, 5.74) is 0.450. The molecular weight excluding hydrogens is 290 g/mol. The van der Waals surface area contributed by atoms with Crippen LogP contribution in [0.25, 0.3) is 0 Å². The Balaban J connectivity index is 1.48. The van der Waals surface area contributed by atoms with Crippen molar-refractivity contribution in [1.82, 2.24) is 10.6 Å². The van der Waals surface area contributed by atoms with Gasteiger partial charge in [-0.15, -0.1) is 0 Å². The zero-order valence-corrected chi connectivity index (χ0v) is 12.4. The maximum atomic E-state index is 11.9. The highest BCUT2D eigenvalue weighted by atomic mass is 32.2. The molecule has 112 valence electrons. The van der Waals surface area contributed by atoms with Crippen LogP contribution in [-0.4, -0.2) is 34.9 Å². The van der Waals surface area contributed by atoms with E-state index in [1.807, 2.05) is 0 Å². The minimum Gasteiger partial charge on any atom is -0.353 e. The molecule has 0 spiro atoms. The number of fused-ring (bicyclic) bond motifs is 1. The van der Waals surface area contributed by atoms with E-state index in [0.717, 1.165) is 12.8 Å². The van der Waals surface area contributed by atoms with Crippen molar-refractivity contribution in [3.05, 3.63) is 11.8 Å². The molecule has 0 aromatic carbocycles. The number of hydrogen-bond acceptors (Lipinski definition) is 6. The number of hydrogen-bond donors (Lipinski definition) is 2. The van der Waals surface area contributed by atoms with Crippen molar-refractivity contribution < 1.29 is 9.59 Å². The van der Waals surface area contributed by atoms with Crippen molar-refractivity contribution in [1.29, 1.82) is 0 Å². The van der Waals surface area contributed by atoms with Crippen molar-refractivity contribution in [2.75, 3.05) is 5.75 Å². The van der Waals surface area contributed by atoms with Crippen molar-refractivity contribution in [2.45, 2.75) is 44.3 Å². The molecule has 2 N–H and O–H groups in total. The van der Waals surface area contributed by atoms with Crippen LogP contribution >= 0.6 is 11.8 Å². The highest BCUT2D eigenvalue weighted by Crippen LogP contribution is 2.22. The van der Waals surface area contributed by atoms with E-state index in [0.29, 0.717) is 16.8 Å². The minimum absolute atomic E-state index is 0.0155. The molecule has 3 rings (SSSR count). The van der Waals surface area contributed by atoms with E-state index in [1.165, 1.54) is 37.2 Å². The van der Waals surface area contributed by atoms with Crippen LogP contribution in [0.4, 0.5) is 0 Å². The molecule has 1 saturated carbocycles. The van der Waals surface area contributed by atoms with Crippen molar-refractivity contribution in [3.8, 4) is 0 Å². The average Bonchev–Trinajstić information content (AvgIpc) is 2.95. The van der Waals surface area contributed by atoms with Crippen molar-refractivity contribution in [2.24, 2.45) is 15.2 Å². The Morgan fingerprint density at radius 3 is 3.00 bits per heavy atom. The second-order valence-electron chi connectivity index (χ2n) is 5.27.